The summed E-state index contributed by atoms with van der Waals surface area (Å²) in [5.74, 6) is -0.220. The lowest BCUT2D eigenvalue weighted by atomic mass is 10.0. The van der Waals surface area contributed by atoms with E-state index < -0.39 is 0 Å². The molecule has 5 heteroatoms. The van der Waals surface area contributed by atoms with Crippen molar-refractivity contribution in [2.75, 3.05) is 0 Å². The van der Waals surface area contributed by atoms with Gasteiger partial charge in [-0.1, -0.05) is 24.3 Å². The molecule has 0 spiro atoms. The summed E-state index contributed by atoms with van der Waals surface area (Å²) in [5, 5.41) is 0. The zero-order valence-corrected chi connectivity index (χ0v) is 14.6. The van der Waals surface area contributed by atoms with Gasteiger partial charge in [0.05, 0.1) is 20.6 Å². The second-order valence-electron chi connectivity index (χ2n) is 5.12. The molecule has 0 amide bonds. The van der Waals surface area contributed by atoms with Gasteiger partial charge in [0.25, 0.3) is 0 Å². The van der Waals surface area contributed by atoms with Crippen LogP contribution < -0.4 is 0 Å². The maximum Gasteiger partial charge on any atom is 0.178 e. The van der Waals surface area contributed by atoms with Crippen molar-refractivity contribution in [2.45, 2.75) is 19.9 Å². The van der Waals surface area contributed by atoms with Gasteiger partial charge in [-0.25, -0.2) is 4.39 Å². The van der Waals surface area contributed by atoms with Gasteiger partial charge < -0.3 is 9.55 Å². The second kappa shape index (κ2) is 5.53. The number of nitrogens with one attached hydrogen (secondary N) is 1. The van der Waals surface area contributed by atoms with E-state index in [0.29, 0.717) is 8.34 Å². The van der Waals surface area contributed by atoms with E-state index in [1.165, 1.54) is 11.1 Å². The summed E-state index contributed by atoms with van der Waals surface area (Å²) in [5.41, 5.74) is 4.06. The number of imidazole rings is 1. The molecule has 1 atom stereocenters. The number of aromatic nitrogens is 2. The van der Waals surface area contributed by atoms with Gasteiger partial charge in [0, 0.05) is 6.07 Å². The number of rotatable bonds is 2. The minimum absolute atomic E-state index is 0.0481. The van der Waals surface area contributed by atoms with Crippen LogP contribution in [0.3, 0.4) is 0 Å². The van der Waals surface area contributed by atoms with Gasteiger partial charge in [-0.2, -0.15) is 0 Å². The summed E-state index contributed by atoms with van der Waals surface area (Å²) >= 11 is 7.43. The number of aromatic amines is 1. The van der Waals surface area contributed by atoms with Gasteiger partial charge in [0.1, 0.15) is 5.82 Å². The standard InChI is InChI=1S/C16H14FIN2S/c1-9-5-3-4-6-11(9)10(2)20-15-7-12(17)13(18)8-14(15)19-16(20)21/h3-8,10H,1-2H3,(H,19,21). The Morgan fingerprint density at radius 1 is 1.29 bits per heavy atom. The highest BCUT2D eigenvalue weighted by Gasteiger charge is 2.16. The van der Waals surface area contributed by atoms with E-state index in [1.54, 1.807) is 12.1 Å². The van der Waals surface area contributed by atoms with Crippen molar-refractivity contribution in [2.24, 2.45) is 0 Å². The number of aryl methyl sites for hydroxylation is 1. The molecule has 3 aromatic rings. The molecule has 2 nitrogen and oxygen atoms in total. The fourth-order valence-electron chi connectivity index (χ4n) is 2.70. The van der Waals surface area contributed by atoms with E-state index in [-0.39, 0.29) is 11.9 Å². The lowest BCUT2D eigenvalue weighted by Crippen LogP contribution is -2.08. The number of hydrogen-bond acceptors (Lipinski definition) is 1. The van der Waals surface area contributed by atoms with Crippen molar-refractivity contribution in [1.82, 2.24) is 9.55 Å². The summed E-state index contributed by atoms with van der Waals surface area (Å²) < 4.78 is 17.1. The molecule has 1 N–H and O–H groups in total. The fourth-order valence-corrected chi connectivity index (χ4v) is 3.53. The first-order valence-corrected chi connectivity index (χ1v) is 8.12. The molecule has 1 aromatic heterocycles. The predicted octanol–water partition coefficient (Wildman–Crippen LogP) is 5.36. The van der Waals surface area contributed by atoms with Crippen LogP contribution in [0.4, 0.5) is 4.39 Å². The molecule has 21 heavy (non-hydrogen) atoms. The van der Waals surface area contributed by atoms with Gasteiger partial charge in [-0.3, -0.25) is 0 Å². The number of fused-ring (bicyclic) bond motifs is 1. The van der Waals surface area contributed by atoms with Crippen LogP contribution in [0, 0.1) is 21.1 Å². The maximum atomic E-state index is 13.9. The minimum Gasteiger partial charge on any atom is -0.331 e. The van der Waals surface area contributed by atoms with Crippen molar-refractivity contribution in [3.8, 4) is 0 Å². The Labute approximate surface area is 141 Å². The van der Waals surface area contributed by atoms with E-state index in [2.05, 4.69) is 31.0 Å². The van der Waals surface area contributed by atoms with Crippen LogP contribution in [-0.4, -0.2) is 9.55 Å². The maximum absolute atomic E-state index is 13.9. The van der Waals surface area contributed by atoms with E-state index in [0.717, 1.165) is 11.0 Å². The molecule has 1 heterocycles. The average molecular weight is 412 g/mol. The monoisotopic (exact) mass is 412 g/mol. The van der Waals surface area contributed by atoms with Crippen molar-refractivity contribution < 1.29 is 4.39 Å². The molecule has 0 aliphatic carbocycles. The first-order chi connectivity index (χ1) is 9.99. The second-order valence-corrected chi connectivity index (χ2v) is 6.67. The molecule has 0 saturated heterocycles. The van der Waals surface area contributed by atoms with Crippen LogP contribution in [0.25, 0.3) is 11.0 Å². The average Bonchev–Trinajstić information content (AvgIpc) is 2.74. The van der Waals surface area contributed by atoms with Crippen LogP contribution in [0.5, 0.6) is 0 Å². The quantitative estimate of drug-likeness (QED) is 0.444. The number of H-pyrrole nitrogens is 1. The van der Waals surface area contributed by atoms with Gasteiger partial charge in [-0.05, 0) is 65.8 Å². The Balaban J connectivity index is 2.25. The highest BCUT2D eigenvalue weighted by molar-refractivity contribution is 14.1. The highest BCUT2D eigenvalue weighted by Crippen LogP contribution is 2.28. The van der Waals surface area contributed by atoms with E-state index in [1.807, 2.05) is 39.3 Å². The molecule has 108 valence electrons. The molecule has 3 rings (SSSR count). The summed E-state index contributed by atoms with van der Waals surface area (Å²) in [6.45, 7) is 4.16. The third-order valence-electron chi connectivity index (χ3n) is 3.78. The van der Waals surface area contributed by atoms with E-state index >= 15 is 0 Å². The van der Waals surface area contributed by atoms with E-state index in [9.17, 15) is 4.39 Å². The third kappa shape index (κ3) is 2.53. The van der Waals surface area contributed by atoms with Crippen LogP contribution in [0.1, 0.15) is 24.1 Å². The Hall–Kier alpha value is -1.21. The highest BCUT2D eigenvalue weighted by atomic mass is 127. The fraction of sp³-hybridized carbons (Fsp3) is 0.188. The Kier molecular flexibility index (Phi) is 3.88. The van der Waals surface area contributed by atoms with Gasteiger partial charge >= 0.3 is 0 Å². The van der Waals surface area contributed by atoms with Crippen molar-refractivity contribution in [3.63, 3.8) is 0 Å². The summed E-state index contributed by atoms with van der Waals surface area (Å²) in [7, 11) is 0. The van der Waals surface area contributed by atoms with Crippen LogP contribution in [0.2, 0.25) is 0 Å². The van der Waals surface area contributed by atoms with E-state index in [4.69, 9.17) is 12.2 Å². The first-order valence-electron chi connectivity index (χ1n) is 6.64. The largest absolute Gasteiger partial charge is 0.331 e. The van der Waals surface area contributed by atoms with Crippen molar-refractivity contribution in [1.29, 1.82) is 0 Å². The Bertz CT molecular complexity index is 882. The SMILES string of the molecule is Cc1ccccc1C(C)n1c(=S)[nH]c2cc(I)c(F)cc21. The Morgan fingerprint density at radius 3 is 2.71 bits per heavy atom. The third-order valence-corrected chi connectivity index (χ3v) is 4.91. The van der Waals surface area contributed by atoms with Gasteiger partial charge in [0.2, 0.25) is 0 Å². The smallest absolute Gasteiger partial charge is 0.178 e. The predicted molar refractivity (Wildman–Crippen MR) is 94.8 cm³/mol. The van der Waals surface area contributed by atoms with Crippen molar-refractivity contribution in [3.05, 3.63) is 61.7 Å². The number of nitrogens with zero attached hydrogens (tertiary/aromatic N) is 1. The van der Waals surface area contributed by atoms with Gasteiger partial charge in [-0.15, -0.1) is 0 Å². The van der Waals surface area contributed by atoms with Crippen LogP contribution >= 0.6 is 34.8 Å². The molecule has 0 fully saturated rings. The zero-order valence-electron chi connectivity index (χ0n) is 11.7. The van der Waals surface area contributed by atoms with Crippen LogP contribution in [0.15, 0.2) is 36.4 Å². The molecular formula is C16H14FIN2S. The first kappa shape index (κ1) is 14.7. The van der Waals surface area contributed by atoms with Crippen LogP contribution in [-0.2, 0) is 0 Å². The Morgan fingerprint density at radius 2 is 2.00 bits per heavy atom. The van der Waals surface area contributed by atoms with Crippen molar-refractivity contribution >= 4 is 45.8 Å². The lowest BCUT2D eigenvalue weighted by molar-refractivity contribution is 0.615. The normalized spacial score (nSPS) is 12.8. The molecule has 0 aliphatic heterocycles. The zero-order chi connectivity index (χ0) is 15.1. The summed E-state index contributed by atoms with van der Waals surface area (Å²) in [4.78, 5) is 3.17. The minimum atomic E-state index is -0.220. The number of halogens is 2. The topological polar surface area (TPSA) is 20.7 Å². The molecule has 0 bridgehead atoms. The molecule has 0 aliphatic rings. The molecule has 0 saturated carbocycles. The molecular weight excluding hydrogens is 398 g/mol. The molecule has 0 radical (unpaired) electrons. The summed E-state index contributed by atoms with van der Waals surface area (Å²) in [6.07, 6.45) is 0. The number of benzene rings is 2. The number of hydrogen-bond donors (Lipinski definition) is 1. The molecule has 1 unspecified atom stereocenters. The summed E-state index contributed by atoms with van der Waals surface area (Å²) in [6, 6.07) is 11.6. The lowest BCUT2D eigenvalue weighted by Gasteiger charge is -2.17. The molecule has 2 aromatic carbocycles. The van der Waals surface area contributed by atoms with Gasteiger partial charge in [0.15, 0.2) is 4.77 Å².